The topological polar surface area (TPSA) is 97.5 Å². The number of rotatable bonds is 7. The van der Waals surface area contributed by atoms with Crippen molar-refractivity contribution < 1.29 is 4.39 Å². The van der Waals surface area contributed by atoms with Crippen LogP contribution in [0.4, 0.5) is 10.1 Å². The van der Waals surface area contributed by atoms with Gasteiger partial charge in [0, 0.05) is 30.9 Å². The van der Waals surface area contributed by atoms with E-state index < -0.39 is 0 Å². The van der Waals surface area contributed by atoms with Crippen molar-refractivity contribution in [2.24, 2.45) is 0 Å². The molecule has 2 aromatic carbocycles. The van der Waals surface area contributed by atoms with Gasteiger partial charge in [-0.05, 0) is 74.6 Å². The first kappa shape index (κ1) is 23.3. The van der Waals surface area contributed by atoms with Gasteiger partial charge in [-0.25, -0.2) is 14.4 Å². The van der Waals surface area contributed by atoms with Crippen molar-refractivity contribution in [3.8, 4) is 22.6 Å². The Labute approximate surface area is 214 Å². The Balaban J connectivity index is 1.39. The Morgan fingerprint density at radius 3 is 2.78 bits per heavy atom. The van der Waals surface area contributed by atoms with Crippen LogP contribution in [0.15, 0.2) is 54.6 Å². The van der Waals surface area contributed by atoms with Crippen molar-refractivity contribution in [1.29, 1.82) is 0 Å². The fourth-order valence-electron chi connectivity index (χ4n) is 4.75. The summed E-state index contributed by atoms with van der Waals surface area (Å²) in [5.74, 6) is 0.332. The van der Waals surface area contributed by atoms with Crippen molar-refractivity contribution in [1.82, 2.24) is 35.4 Å². The van der Waals surface area contributed by atoms with Crippen LogP contribution < -0.4 is 10.6 Å². The van der Waals surface area contributed by atoms with Gasteiger partial charge in [0.25, 0.3) is 0 Å². The number of aromatic amines is 2. The zero-order valence-corrected chi connectivity index (χ0v) is 20.9. The van der Waals surface area contributed by atoms with Crippen LogP contribution in [0, 0.1) is 5.82 Å². The van der Waals surface area contributed by atoms with Crippen molar-refractivity contribution in [3.63, 3.8) is 0 Å². The number of likely N-dealkylation sites (N-methyl/N-ethyl adjacent to an activating group) is 1. The minimum Gasteiger partial charge on any atom is -0.384 e. The van der Waals surface area contributed by atoms with Gasteiger partial charge in [0.05, 0.1) is 22.2 Å². The summed E-state index contributed by atoms with van der Waals surface area (Å²) >= 11 is 0. The predicted octanol–water partition coefficient (Wildman–Crippen LogP) is 4.66. The molecule has 37 heavy (non-hydrogen) atoms. The molecule has 8 nitrogen and oxygen atoms in total. The van der Waals surface area contributed by atoms with E-state index in [1.54, 1.807) is 6.07 Å². The quantitative estimate of drug-likeness (QED) is 0.262. The van der Waals surface area contributed by atoms with Gasteiger partial charge in [-0.3, -0.25) is 5.10 Å². The molecule has 0 saturated heterocycles. The van der Waals surface area contributed by atoms with Crippen molar-refractivity contribution >= 4 is 33.3 Å². The highest BCUT2D eigenvalue weighted by Crippen LogP contribution is 2.33. The number of nitrogens with one attached hydrogen (secondary N) is 4. The molecule has 0 spiro atoms. The number of hydrogen-bond acceptors (Lipinski definition) is 6. The van der Waals surface area contributed by atoms with E-state index in [0.717, 1.165) is 77.2 Å². The highest BCUT2D eigenvalue weighted by Gasteiger charge is 2.18. The number of para-hydroxylation sites is 1. The summed E-state index contributed by atoms with van der Waals surface area (Å²) in [6.07, 6.45) is 3.13. The molecule has 0 radical (unpaired) electrons. The van der Waals surface area contributed by atoms with Crippen LogP contribution in [-0.4, -0.2) is 70.3 Å². The number of fused-ring (bicyclic) bond motifs is 2. The van der Waals surface area contributed by atoms with E-state index in [-0.39, 0.29) is 5.82 Å². The number of nitrogens with zero attached hydrogens (tertiary/aromatic N) is 4. The lowest BCUT2D eigenvalue weighted by molar-refractivity contribution is 0.425. The maximum Gasteiger partial charge on any atom is 0.161 e. The van der Waals surface area contributed by atoms with Crippen LogP contribution in [0.2, 0.25) is 0 Å². The lowest BCUT2D eigenvalue weighted by Gasteiger charge is -2.13. The van der Waals surface area contributed by atoms with Crippen molar-refractivity contribution in [3.05, 3.63) is 66.1 Å². The average Bonchev–Trinajstić information content (AvgIpc) is 3.52. The van der Waals surface area contributed by atoms with E-state index >= 15 is 0 Å². The molecule has 4 heterocycles. The summed E-state index contributed by atoms with van der Waals surface area (Å²) in [5.41, 5.74) is 8.46. The molecule has 4 N–H and O–H groups in total. The molecule has 0 fully saturated rings. The van der Waals surface area contributed by atoms with E-state index in [4.69, 9.17) is 9.97 Å². The number of hydrogen-bond donors (Lipinski definition) is 4. The first-order valence-electron chi connectivity index (χ1n) is 12.5. The lowest BCUT2D eigenvalue weighted by atomic mass is 10.0. The molecule has 0 amide bonds. The lowest BCUT2D eigenvalue weighted by Crippen LogP contribution is -2.20. The fraction of sp³-hybridized carbons (Fsp3) is 0.250. The molecule has 0 saturated carbocycles. The van der Waals surface area contributed by atoms with Crippen molar-refractivity contribution in [2.45, 2.75) is 6.42 Å². The van der Waals surface area contributed by atoms with E-state index in [2.05, 4.69) is 36.8 Å². The Morgan fingerprint density at radius 2 is 1.95 bits per heavy atom. The first-order valence-corrected chi connectivity index (χ1v) is 12.5. The number of H-pyrrole nitrogens is 2. The largest absolute Gasteiger partial charge is 0.384 e. The van der Waals surface area contributed by atoms with Crippen LogP contribution in [0.1, 0.15) is 12.1 Å². The highest BCUT2D eigenvalue weighted by atomic mass is 19.1. The van der Waals surface area contributed by atoms with Gasteiger partial charge >= 0.3 is 0 Å². The molecule has 0 bridgehead atoms. The average molecular weight is 497 g/mol. The zero-order chi connectivity index (χ0) is 25.4. The number of aromatic nitrogens is 5. The number of anilines is 1. The van der Waals surface area contributed by atoms with Crippen LogP contribution in [-0.2, 0) is 0 Å². The predicted molar refractivity (Wildman–Crippen MR) is 147 cm³/mol. The van der Waals surface area contributed by atoms with Gasteiger partial charge in [0.1, 0.15) is 11.3 Å². The molecule has 0 aliphatic carbocycles. The maximum absolute atomic E-state index is 14.6. The summed E-state index contributed by atoms with van der Waals surface area (Å²) in [6, 6.07) is 15.0. The van der Waals surface area contributed by atoms with Gasteiger partial charge < -0.3 is 20.5 Å². The SMILES string of the molecule is CN(C)CCNc1cc(F)cc(-c2cccc3[nH]c(-c4n[nH]c5ccc(C6=CCNCC6)nc45)nc23)c1. The molecule has 6 rings (SSSR count). The summed E-state index contributed by atoms with van der Waals surface area (Å²) < 4.78 is 14.6. The molecule has 0 unspecified atom stereocenters. The van der Waals surface area contributed by atoms with Gasteiger partial charge in [0.2, 0.25) is 0 Å². The van der Waals surface area contributed by atoms with E-state index in [0.29, 0.717) is 11.5 Å². The molecule has 188 valence electrons. The third-order valence-corrected chi connectivity index (χ3v) is 6.63. The Morgan fingerprint density at radius 1 is 1.03 bits per heavy atom. The molecule has 9 heteroatoms. The molecular weight excluding hydrogens is 467 g/mol. The zero-order valence-electron chi connectivity index (χ0n) is 20.9. The molecule has 1 aliphatic rings. The Bertz CT molecular complexity index is 1610. The second-order valence-electron chi connectivity index (χ2n) is 9.59. The summed E-state index contributed by atoms with van der Waals surface area (Å²) in [6.45, 7) is 3.38. The summed E-state index contributed by atoms with van der Waals surface area (Å²) in [7, 11) is 4.02. The Hall–Kier alpha value is -4.08. The number of halogens is 1. The first-order chi connectivity index (χ1) is 18.0. The van der Waals surface area contributed by atoms with E-state index in [1.165, 1.54) is 11.6 Å². The van der Waals surface area contributed by atoms with Crippen molar-refractivity contribution in [2.75, 3.05) is 45.6 Å². The number of pyridine rings is 1. The standard InChI is InChI=1S/C28H29FN8/c1-37(2)13-12-31-20-15-18(14-19(29)16-20)21-4-3-5-23-25(21)34-28(33-23)27-26-24(35-36-27)7-6-22(32-26)17-8-10-30-11-9-17/h3-8,14-16,30-31H,9-13H2,1-2H3,(H,33,34)(H,35,36). The minimum absolute atomic E-state index is 0.292. The third kappa shape index (κ3) is 4.71. The minimum atomic E-state index is -0.292. The second kappa shape index (κ2) is 9.76. The summed E-state index contributed by atoms with van der Waals surface area (Å²) in [4.78, 5) is 15.3. The monoisotopic (exact) mass is 496 g/mol. The molecular formula is C28H29FN8. The molecule has 1 aliphatic heterocycles. The van der Waals surface area contributed by atoms with E-state index in [9.17, 15) is 4.39 Å². The molecule has 0 atom stereocenters. The van der Waals surface area contributed by atoms with Gasteiger partial charge in [0.15, 0.2) is 11.5 Å². The third-order valence-electron chi connectivity index (χ3n) is 6.63. The van der Waals surface area contributed by atoms with Crippen LogP contribution in [0.3, 0.4) is 0 Å². The normalized spacial score (nSPS) is 14.0. The van der Waals surface area contributed by atoms with Crippen LogP contribution in [0.25, 0.3) is 50.3 Å². The molecule has 3 aromatic heterocycles. The van der Waals surface area contributed by atoms with Gasteiger partial charge in [-0.15, -0.1) is 0 Å². The number of imidazole rings is 1. The Kier molecular flexibility index (Phi) is 6.15. The van der Waals surface area contributed by atoms with Crippen LogP contribution in [0.5, 0.6) is 0 Å². The molecule has 5 aromatic rings. The van der Waals surface area contributed by atoms with Gasteiger partial charge in [-0.2, -0.15) is 5.10 Å². The number of benzene rings is 2. The fourth-order valence-corrected chi connectivity index (χ4v) is 4.75. The smallest absolute Gasteiger partial charge is 0.161 e. The van der Waals surface area contributed by atoms with E-state index in [1.807, 2.05) is 50.5 Å². The van der Waals surface area contributed by atoms with Crippen LogP contribution >= 0.6 is 0 Å². The maximum atomic E-state index is 14.6. The highest BCUT2D eigenvalue weighted by molar-refractivity contribution is 5.96. The second-order valence-corrected chi connectivity index (χ2v) is 9.59. The summed E-state index contributed by atoms with van der Waals surface area (Å²) in [5, 5.41) is 14.3. The van der Waals surface area contributed by atoms with Gasteiger partial charge in [-0.1, -0.05) is 18.2 Å².